The zero-order valence-electron chi connectivity index (χ0n) is 13.3. The van der Waals surface area contributed by atoms with Gasteiger partial charge in [0, 0.05) is 0 Å². The van der Waals surface area contributed by atoms with Crippen LogP contribution in [0.4, 0.5) is 0 Å². The average Bonchev–Trinajstić information content (AvgIpc) is 3.03. The van der Waals surface area contributed by atoms with Crippen molar-refractivity contribution in [2.24, 2.45) is 5.73 Å². The number of primary amides is 1. The predicted octanol–water partition coefficient (Wildman–Crippen LogP) is 2.89. The molecule has 0 aliphatic heterocycles. The molecule has 2 aromatic heterocycles. The maximum Gasteiger partial charge on any atom is 0.231 e. The molecule has 0 spiro atoms. The molecular formula is C16H17N5OS2. The minimum Gasteiger partial charge on any atom is -0.369 e. The van der Waals surface area contributed by atoms with Gasteiger partial charge in [-0.2, -0.15) is 5.10 Å². The van der Waals surface area contributed by atoms with E-state index in [0.29, 0.717) is 11.6 Å². The first kappa shape index (κ1) is 16.8. The smallest absolute Gasteiger partial charge is 0.231 e. The van der Waals surface area contributed by atoms with E-state index >= 15 is 0 Å². The summed E-state index contributed by atoms with van der Waals surface area (Å²) in [4.78, 5) is 20.7. The fourth-order valence-corrected chi connectivity index (χ4v) is 3.72. The molecule has 1 atom stereocenters. The van der Waals surface area contributed by atoms with Crippen molar-refractivity contribution in [3.8, 4) is 5.69 Å². The van der Waals surface area contributed by atoms with E-state index in [1.807, 2.05) is 43.5 Å². The molecule has 0 saturated heterocycles. The Hall–Kier alpha value is -2.06. The van der Waals surface area contributed by atoms with Crippen LogP contribution in [0.2, 0.25) is 0 Å². The van der Waals surface area contributed by atoms with Crippen molar-refractivity contribution in [3.05, 3.63) is 36.5 Å². The van der Waals surface area contributed by atoms with Crippen LogP contribution in [-0.4, -0.2) is 37.2 Å². The number of benzene rings is 1. The Morgan fingerprint density at radius 3 is 2.67 bits per heavy atom. The SMILES string of the molecule is CCC(Sc1nc(SC)c2cnn(-c3ccccc3)c2n1)C(N)=O. The Morgan fingerprint density at radius 1 is 1.29 bits per heavy atom. The summed E-state index contributed by atoms with van der Waals surface area (Å²) >= 11 is 2.83. The van der Waals surface area contributed by atoms with E-state index < -0.39 is 0 Å². The lowest BCUT2D eigenvalue weighted by atomic mass is 10.3. The zero-order chi connectivity index (χ0) is 17.1. The summed E-state index contributed by atoms with van der Waals surface area (Å²) in [7, 11) is 0. The molecule has 6 nitrogen and oxygen atoms in total. The Balaban J connectivity index is 2.11. The molecule has 1 unspecified atom stereocenters. The number of aromatic nitrogens is 4. The topological polar surface area (TPSA) is 86.7 Å². The third kappa shape index (κ3) is 3.25. The number of thioether (sulfide) groups is 2. The molecule has 2 heterocycles. The molecule has 0 radical (unpaired) electrons. The van der Waals surface area contributed by atoms with E-state index in [9.17, 15) is 4.79 Å². The van der Waals surface area contributed by atoms with Gasteiger partial charge in [-0.3, -0.25) is 4.79 Å². The van der Waals surface area contributed by atoms with Gasteiger partial charge in [-0.1, -0.05) is 36.9 Å². The minimum atomic E-state index is -0.353. The molecular weight excluding hydrogens is 342 g/mol. The van der Waals surface area contributed by atoms with Crippen LogP contribution in [0, 0.1) is 0 Å². The number of rotatable bonds is 6. The van der Waals surface area contributed by atoms with Crippen LogP contribution in [-0.2, 0) is 4.79 Å². The number of para-hydroxylation sites is 1. The number of nitrogens with zero attached hydrogens (tertiary/aromatic N) is 4. The number of hydrogen-bond acceptors (Lipinski definition) is 6. The van der Waals surface area contributed by atoms with Gasteiger partial charge in [0.05, 0.1) is 22.5 Å². The fourth-order valence-electron chi connectivity index (χ4n) is 2.30. The largest absolute Gasteiger partial charge is 0.369 e. The first-order chi connectivity index (χ1) is 11.6. The summed E-state index contributed by atoms with van der Waals surface area (Å²) in [6.45, 7) is 1.92. The third-order valence-electron chi connectivity index (χ3n) is 3.50. The van der Waals surface area contributed by atoms with E-state index in [1.165, 1.54) is 23.5 Å². The number of fused-ring (bicyclic) bond motifs is 1. The highest BCUT2D eigenvalue weighted by Gasteiger charge is 2.19. The van der Waals surface area contributed by atoms with Gasteiger partial charge in [0.2, 0.25) is 5.91 Å². The number of carbonyl (C=O) groups is 1. The summed E-state index contributed by atoms with van der Waals surface area (Å²) in [6, 6.07) is 9.80. The highest BCUT2D eigenvalue weighted by atomic mass is 32.2. The van der Waals surface area contributed by atoms with Crippen molar-refractivity contribution in [2.75, 3.05) is 6.26 Å². The number of hydrogen-bond donors (Lipinski definition) is 1. The van der Waals surface area contributed by atoms with Crippen LogP contribution in [0.5, 0.6) is 0 Å². The second-order valence-corrected chi connectivity index (χ2v) is 7.03. The van der Waals surface area contributed by atoms with E-state index in [4.69, 9.17) is 5.73 Å². The normalized spacial score (nSPS) is 12.4. The van der Waals surface area contributed by atoms with Crippen LogP contribution in [0.3, 0.4) is 0 Å². The summed E-state index contributed by atoms with van der Waals surface area (Å²) in [5.41, 5.74) is 7.09. The van der Waals surface area contributed by atoms with Gasteiger partial charge in [-0.25, -0.2) is 14.6 Å². The monoisotopic (exact) mass is 359 g/mol. The molecule has 3 aromatic rings. The summed E-state index contributed by atoms with van der Waals surface area (Å²) in [5, 5.41) is 6.37. The molecule has 24 heavy (non-hydrogen) atoms. The molecule has 0 bridgehead atoms. The molecule has 0 aliphatic rings. The summed E-state index contributed by atoms with van der Waals surface area (Å²) < 4.78 is 1.78. The van der Waals surface area contributed by atoms with Gasteiger partial charge >= 0.3 is 0 Å². The first-order valence-corrected chi connectivity index (χ1v) is 9.55. The molecule has 124 valence electrons. The standard InChI is InChI=1S/C16H17N5OS2/c1-3-12(13(17)22)24-16-19-14-11(15(20-16)23-2)9-18-21(14)10-7-5-4-6-8-10/h4-9,12H,3H2,1-2H3,(H2,17,22). The molecule has 1 aromatic carbocycles. The van der Waals surface area contributed by atoms with Crippen molar-refractivity contribution in [2.45, 2.75) is 28.8 Å². The predicted molar refractivity (Wildman–Crippen MR) is 97.6 cm³/mol. The minimum absolute atomic E-state index is 0.342. The van der Waals surface area contributed by atoms with E-state index in [-0.39, 0.29) is 11.2 Å². The van der Waals surface area contributed by atoms with E-state index in [1.54, 1.807) is 10.9 Å². The van der Waals surface area contributed by atoms with Gasteiger partial charge in [-0.05, 0) is 24.8 Å². The molecule has 2 N–H and O–H groups in total. The second kappa shape index (κ2) is 7.23. The third-order valence-corrected chi connectivity index (χ3v) is 5.44. The van der Waals surface area contributed by atoms with Gasteiger partial charge in [0.25, 0.3) is 0 Å². The highest BCUT2D eigenvalue weighted by molar-refractivity contribution is 8.00. The maximum atomic E-state index is 11.5. The Morgan fingerprint density at radius 2 is 2.04 bits per heavy atom. The maximum absolute atomic E-state index is 11.5. The van der Waals surface area contributed by atoms with Gasteiger partial charge in [-0.15, -0.1) is 11.8 Å². The van der Waals surface area contributed by atoms with Crippen LogP contribution in [0.15, 0.2) is 46.7 Å². The van der Waals surface area contributed by atoms with Crippen LogP contribution >= 0.6 is 23.5 Å². The van der Waals surface area contributed by atoms with Crippen molar-refractivity contribution in [3.63, 3.8) is 0 Å². The number of nitrogens with two attached hydrogens (primary N) is 1. The fraction of sp³-hybridized carbons (Fsp3) is 0.250. The lowest BCUT2D eigenvalue weighted by Gasteiger charge is -2.10. The van der Waals surface area contributed by atoms with Crippen LogP contribution in [0.25, 0.3) is 16.7 Å². The molecule has 0 aliphatic carbocycles. The molecule has 8 heteroatoms. The van der Waals surface area contributed by atoms with E-state index in [2.05, 4.69) is 15.1 Å². The average molecular weight is 359 g/mol. The van der Waals surface area contributed by atoms with Crippen molar-refractivity contribution < 1.29 is 4.79 Å². The Bertz CT molecular complexity index is 866. The molecule has 0 saturated carbocycles. The van der Waals surface area contributed by atoms with Gasteiger partial charge in [0.1, 0.15) is 5.03 Å². The second-order valence-electron chi connectivity index (χ2n) is 5.06. The zero-order valence-corrected chi connectivity index (χ0v) is 15.0. The lowest BCUT2D eigenvalue weighted by molar-refractivity contribution is -0.117. The Labute approximate surface area is 148 Å². The first-order valence-electron chi connectivity index (χ1n) is 7.45. The van der Waals surface area contributed by atoms with Crippen molar-refractivity contribution in [1.82, 2.24) is 19.7 Å². The number of amides is 1. The summed E-state index contributed by atoms with van der Waals surface area (Å²) in [6.07, 6.45) is 4.36. The molecule has 1 amide bonds. The number of carbonyl (C=O) groups excluding carboxylic acids is 1. The van der Waals surface area contributed by atoms with E-state index in [0.717, 1.165) is 21.7 Å². The van der Waals surface area contributed by atoms with Crippen LogP contribution in [0.1, 0.15) is 13.3 Å². The van der Waals surface area contributed by atoms with Crippen molar-refractivity contribution >= 4 is 40.5 Å². The quantitative estimate of drug-likeness (QED) is 0.414. The van der Waals surface area contributed by atoms with Crippen LogP contribution < -0.4 is 5.73 Å². The molecule has 3 rings (SSSR count). The molecule has 0 fully saturated rings. The highest BCUT2D eigenvalue weighted by Crippen LogP contribution is 2.30. The van der Waals surface area contributed by atoms with Gasteiger partial charge in [0.15, 0.2) is 10.8 Å². The Kier molecular flexibility index (Phi) is 5.06. The lowest BCUT2D eigenvalue weighted by Crippen LogP contribution is -2.25. The van der Waals surface area contributed by atoms with Gasteiger partial charge < -0.3 is 5.73 Å². The van der Waals surface area contributed by atoms with Crippen molar-refractivity contribution in [1.29, 1.82) is 0 Å². The summed E-state index contributed by atoms with van der Waals surface area (Å²) in [5.74, 6) is -0.353.